The van der Waals surface area contributed by atoms with Gasteiger partial charge in [-0.2, -0.15) is 0 Å². The van der Waals surface area contributed by atoms with Crippen molar-refractivity contribution >= 4 is 15.9 Å². The minimum atomic E-state index is -3.13. The summed E-state index contributed by atoms with van der Waals surface area (Å²) in [6.07, 6.45) is 2.68. The molecule has 1 aliphatic rings. The van der Waals surface area contributed by atoms with E-state index in [0.29, 0.717) is 6.54 Å². The zero-order chi connectivity index (χ0) is 13.8. The minimum Gasteiger partial charge on any atom is -0.353 e. The highest BCUT2D eigenvalue weighted by Crippen LogP contribution is 2.10. The lowest BCUT2D eigenvalue weighted by Crippen LogP contribution is -2.47. The summed E-state index contributed by atoms with van der Waals surface area (Å²) in [6.45, 7) is 5.75. The quantitative estimate of drug-likeness (QED) is 0.712. The van der Waals surface area contributed by atoms with Crippen LogP contribution in [0.1, 0.15) is 26.7 Å². The third-order valence-corrected chi connectivity index (χ3v) is 3.55. The van der Waals surface area contributed by atoms with E-state index in [9.17, 15) is 13.2 Å². The molecule has 106 valence electrons. The summed E-state index contributed by atoms with van der Waals surface area (Å²) < 4.78 is 24.8. The van der Waals surface area contributed by atoms with E-state index in [1.165, 1.54) is 6.26 Å². The number of piperidine rings is 1. The van der Waals surface area contributed by atoms with Gasteiger partial charge in [-0.05, 0) is 26.7 Å². The molecule has 0 aliphatic carbocycles. The van der Waals surface area contributed by atoms with Crippen LogP contribution in [0.5, 0.6) is 0 Å². The molecule has 0 aromatic carbocycles. The number of amides is 1. The fourth-order valence-corrected chi connectivity index (χ4v) is 2.92. The Balaban J connectivity index is 2.29. The van der Waals surface area contributed by atoms with E-state index in [0.717, 1.165) is 25.9 Å². The predicted octanol–water partition coefficient (Wildman–Crippen LogP) is -0.475. The van der Waals surface area contributed by atoms with Crippen molar-refractivity contribution in [1.82, 2.24) is 14.9 Å². The second-order valence-corrected chi connectivity index (χ2v) is 6.94. The van der Waals surface area contributed by atoms with Crippen LogP contribution < -0.4 is 10.0 Å². The molecule has 1 saturated heterocycles. The van der Waals surface area contributed by atoms with Gasteiger partial charge in [0.05, 0.1) is 12.8 Å². The first-order valence-corrected chi connectivity index (χ1v) is 8.14. The summed E-state index contributed by atoms with van der Waals surface area (Å²) >= 11 is 0. The smallest absolute Gasteiger partial charge is 0.234 e. The summed E-state index contributed by atoms with van der Waals surface area (Å²) in [5.41, 5.74) is 0. The van der Waals surface area contributed by atoms with E-state index >= 15 is 0 Å². The molecule has 7 heteroatoms. The first-order valence-electron chi connectivity index (χ1n) is 6.25. The second-order valence-electron chi connectivity index (χ2n) is 5.16. The van der Waals surface area contributed by atoms with Gasteiger partial charge < -0.3 is 5.32 Å². The van der Waals surface area contributed by atoms with Crippen LogP contribution in [0.3, 0.4) is 0 Å². The molecule has 1 aliphatic heterocycles. The van der Waals surface area contributed by atoms with Crippen molar-refractivity contribution in [2.45, 2.75) is 38.8 Å². The predicted molar refractivity (Wildman–Crippen MR) is 70.7 cm³/mol. The highest BCUT2D eigenvalue weighted by molar-refractivity contribution is 7.88. The van der Waals surface area contributed by atoms with Crippen molar-refractivity contribution < 1.29 is 13.2 Å². The number of hydrogen-bond donors (Lipinski definition) is 2. The van der Waals surface area contributed by atoms with E-state index in [1.54, 1.807) is 0 Å². The number of carbonyl (C=O) groups is 1. The molecular weight excluding hydrogens is 254 g/mol. The lowest BCUT2D eigenvalue weighted by molar-refractivity contribution is -0.123. The van der Waals surface area contributed by atoms with Gasteiger partial charge >= 0.3 is 0 Å². The van der Waals surface area contributed by atoms with Gasteiger partial charge in [-0.3, -0.25) is 9.69 Å². The van der Waals surface area contributed by atoms with Crippen molar-refractivity contribution in [3.05, 3.63) is 0 Å². The maximum absolute atomic E-state index is 11.6. The molecule has 0 atom stereocenters. The fourth-order valence-electron chi connectivity index (χ4n) is 2.08. The Bertz CT molecular complexity index is 373. The Hall–Kier alpha value is -0.660. The molecule has 1 fully saturated rings. The number of nitrogens with zero attached hydrogens (tertiary/aromatic N) is 1. The summed E-state index contributed by atoms with van der Waals surface area (Å²) in [5.74, 6) is 0.0273. The highest BCUT2D eigenvalue weighted by Gasteiger charge is 2.22. The van der Waals surface area contributed by atoms with Crippen LogP contribution in [0, 0.1) is 0 Å². The van der Waals surface area contributed by atoms with Gasteiger partial charge in [0, 0.05) is 25.2 Å². The van der Waals surface area contributed by atoms with Gasteiger partial charge in [-0.1, -0.05) is 0 Å². The summed E-state index contributed by atoms with van der Waals surface area (Å²) in [4.78, 5) is 13.6. The molecular formula is C11H23N3O3S. The fraction of sp³-hybridized carbons (Fsp3) is 0.909. The lowest BCUT2D eigenvalue weighted by Gasteiger charge is -2.31. The molecule has 1 amide bonds. The average Bonchev–Trinajstić information content (AvgIpc) is 2.17. The third-order valence-electron chi connectivity index (χ3n) is 2.79. The number of hydrogen-bond acceptors (Lipinski definition) is 4. The van der Waals surface area contributed by atoms with Crippen molar-refractivity contribution in [2.24, 2.45) is 0 Å². The Kier molecular flexibility index (Phi) is 5.55. The van der Waals surface area contributed by atoms with Crippen LogP contribution in [0.15, 0.2) is 0 Å². The van der Waals surface area contributed by atoms with Crippen molar-refractivity contribution in [1.29, 1.82) is 0 Å². The Labute approximate surface area is 109 Å². The van der Waals surface area contributed by atoms with Gasteiger partial charge in [-0.25, -0.2) is 13.1 Å². The van der Waals surface area contributed by atoms with Gasteiger partial charge in [0.25, 0.3) is 0 Å². The van der Waals surface area contributed by atoms with Crippen LogP contribution >= 0.6 is 0 Å². The highest BCUT2D eigenvalue weighted by atomic mass is 32.2. The zero-order valence-electron chi connectivity index (χ0n) is 11.3. The molecule has 0 bridgehead atoms. The first-order chi connectivity index (χ1) is 8.26. The molecule has 0 aromatic heterocycles. The van der Waals surface area contributed by atoms with E-state index in [-0.39, 0.29) is 18.0 Å². The number of rotatable bonds is 5. The van der Waals surface area contributed by atoms with Crippen LogP contribution in [-0.4, -0.2) is 57.2 Å². The number of sulfonamides is 1. The molecule has 0 unspecified atom stereocenters. The average molecular weight is 277 g/mol. The summed E-state index contributed by atoms with van der Waals surface area (Å²) in [7, 11) is -3.13. The van der Waals surface area contributed by atoms with E-state index in [2.05, 4.69) is 14.9 Å². The molecule has 0 spiro atoms. The SMILES string of the molecule is CC(C)NC(=O)CN1CCC(NS(C)(=O)=O)CC1. The molecule has 0 radical (unpaired) electrons. The number of likely N-dealkylation sites (tertiary alicyclic amines) is 1. The molecule has 6 nitrogen and oxygen atoms in total. The van der Waals surface area contributed by atoms with Crippen LogP contribution in [0.2, 0.25) is 0 Å². The number of nitrogens with one attached hydrogen (secondary N) is 2. The topological polar surface area (TPSA) is 78.5 Å². The maximum Gasteiger partial charge on any atom is 0.234 e. The van der Waals surface area contributed by atoms with E-state index in [4.69, 9.17) is 0 Å². The van der Waals surface area contributed by atoms with Crippen LogP contribution in [0.25, 0.3) is 0 Å². The molecule has 1 rings (SSSR count). The zero-order valence-corrected chi connectivity index (χ0v) is 12.1. The lowest BCUT2D eigenvalue weighted by atomic mass is 10.1. The minimum absolute atomic E-state index is 0.00408. The molecule has 0 aromatic rings. The Morgan fingerprint density at radius 1 is 1.33 bits per heavy atom. The molecule has 1 heterocycles. The summed E-state index contributed by atoms with van der Waals surface area (Å²) in [6, 6.07) is 0.159. The standard InChI is InChI=1S/C11H23N3O3S/c1-9(2)12-11(15)8-14-6-4-10(5-7-14)13-18(3,16)17/h9-10,13H,4-8H2,1-3H3,(H,12,15). The Morgan fingerprint density at radius 3 is 2.33 bits per heavy atom. The van der Waals surface area contributed by atoms with Gasteiger partial charge in [0.1, 0.15) is 0 Å². The second kappa shape index (κ2) is 6.49. The number of carbonyl (C=O) groups excluding carboxylic acids is 1. The molecule has 18 heavy (non-hydrogen) atoms. The molecule has 0 saturated carbocycles. The monoisotopic (exact) mass is 277 g/mol. The largest absolute Gasteiger partial charge is 0.353 e. The van der Waals surface area contributed by atoms with Crippen molar-refractivity contribution in [3.8, 4) is 0 Å². The van der Waals surface area contributed by atoms with Gasteiger partial charge in [-0.15, -0.1) is 0 Å². The van der Waals surface area contributed by atoms with Crippen LogP contribution in [-0.2, 0) is 14.8 Å². The van der Waals surface area contributed by atoms with E-state index < -0.39 is 10.0 Å². The Morgan fingerprint density at radius 2 is 1.89 bits per heavy atom. The van der Waals surface area contributed by atoms with Crippen LogP contribution in [0.4, 0.5) is 0 Å². The summed E-state index contributed by atoms with van der Waals surface area (Å²) in [5, 5.41) is 2.85. The first kappa shape index (κ1) is 15.4. The van der Waals surface area contributed by atoms with Gasteiger partial charge in [0.15, 0.2) is 0 Å². The maximum atomic E-state index is 11.6. The third kappa shape index (κ3) is 6.32. The molecule has 2 N–H and O–H groups in total. The van der Waals surface area contributed by atoms with Crippen molar-refractivity contribution in [3.63, 3.8) is 0 Å². The van der Waals surface area contributed by atoms with E-state index in [1.807, 2.05) is 13.8 Å². The van der Waals surface area contributed by atoms with Gasteiger partial charge in [0.2, 0.25) is 15.9 Å². The normalized spacial score (nSPS) is 19.1. The van der Waals surface area contributed by atoms with Crippen molar-refractivity contribution in [2.75, 3.05) is 25.9 Å².